The maximum Gasteiger partial charge on any atom is 0.437 e. The van der Waals surface area contributed by atoms with Crippen LogP contribution in [0, 0.1) is 0 Å². The monoisotopic (exact) mass is 382 g/mol. The third kappa shape index (κ3) is 2.60. The lowest BCUT2D eigenvalue weighted by atomic mass is 10.2. The van der Waals surface area contributed by atoms with Crippen molar-refractivity contribution in [3.8, 4) is 11.4 Å². The van der Waals surface area contributed by atoms with Gasteiger partial charge in [-0.2, -0.15) is 13.2 Å². The van der Waals surface area contributed by atoms with Gasteiger partial charge in [-0.25, -0.2) is 4.98 Å². The van der Waals surface area contributed by atoms with Crippen molar-refractivity contribution < 1.29 is 13.2 Å². The highest BCUT2D eigenvalue weighted by Gasteiger charge is 2.37. The normalized spacial score (nSPS) is 12.2. The summed E-state index contributed by atoms with van der Waals surface area (Å²) in [6.45, 7) is 0. The van der Waals surface area contributed by atoms with Gasteiger partial charge in [0.05, 0.1) is 16.1 Å². The molecule has 2 heterocycles. The van der Waals surface area contributed by atoms with E-state index in [9.17, 15) is 13.2 Å². The molecule has 0 fully saturated rings. The lowest BCUT2D eigenvalue weighted by Crippen LogP contribution is -2.11. The highest BCUT2D eigenvalue weighted by molar-refractivity contribution is 6.36. The Morgan fingerprint density at radius 1 is 0.960 bits per heavy atom. The summed E-state index contributed by atoms with van der Waals surface area (Å²) in [5.74, 6) is 0.181. The largest absolute Gasteiger partial charge is 0.437 e. The first-order valence-electron chi connectivity index (χ1n) is 7.03. The molecule has 4 nitrogen and oxygen atoms in total. The van der Waals surface area contributed by atoms with Gasteiger partial charge in [-0.1, -0.05) is 35.3 Å². The maximum absolute atomic E-state index is 13.4. The average Bonchev–Trinajstić information content (AvgIpc) is 2.98. The second-order valence-corrected chi connectivity index (χ2v) is 6.10. The van der Waals surface area contributed by atoms with Crippen LogP contribution in [-0.4, -0.2) is 19.6 Å². The summed E-state index contributed by atoms with van der Waals surface area (Å²) in [6, 6.07) is 11.1. The molecule has 0 saturated carbocycles. The molecule has 9 heteroatoms. The summed E-state index contributed by atoms with van der Waals surface area (Å²) in [4.78, 5) is 3.72. The van der Waals surface area contributed by atoms with E-state index in [0.717, 1.165) is 0 Å². The van der Waals surface area contributed by atoms with Gasteiger partial charge < -0.3 is 0 Å². The first-order valence-corrected chi connectivity index (χ1v) is 7.78. The Bertz CT molecular complexity index is 1120. The number of nitrogens with zero attached hydrogens (tertiary/aromatic N) is 4. The van der Waals surface area contributed by atoms with Gasteiger partial charge in [0, 0.05) is 10.6 Å². The summed E-state index contributed by atoms with van der Waals surface area (Å²) in [5, 5.41) is 8.31. The Morgan fingerprint density at radius 2 is 1.72 bits per heavy atom. The van der Waals surface area contributed by atoms with Crippen LogP contribution in [-0.2, 0) is 6.18 Å². The third-order valence-electron chi connectivity index (χ3n) is 3.67. The van der Waals surface area contributed by atoms with Crippen molar-refractivity contribution in [2.24, 2.45) is 0 Å². The average molecular weight is 383 g/mol. The van der Waals surface area contributed by atoms with E-state index < -0.39 is 11.9 Å². The number of hydrogen-bond acceptors (Lipinski definition) is 3. The van der Waals surface area contributed by atoms with Crippen LogP contribution in [0.1, 0.15) is 5.69 Å². The van der Waals surface area contributed by atoms with E-state index in [0.29, 0.717) is 16.1 Å². The molecule has 0 aliphatic rings. The number of alkyl halides is 3. The Balaban J connectivity index is 2.16. The van der Waals surface area contributed by atoms with Crippen LogP contribution in [0.2, 0.25) is 10.0 Å². The predicted octanol–water partition coefficient (Wildman–Crippen LogP) is 5.27. The van der Waals surface area contributed by atoms with Crippen molar-refractivity contribution in [2.45, 2.75) is 6.18 Å². The first kappa shape index (κ1) is 16.1. The molecule has 126 valence electrons. The van der Waals surface area contributed by atoms with E-state index >= 15 is 0 Å². The van der Waals surface area contributed by atoms with Gasteiger partial charge in [0.25, 0.3) is 0 Å². The quantitative estimate of drug-likeness (QED) is 0.450. The van der Waals surface area contributed by atoms with E-state index in [4.69, 9.17) is 23.2 Å². The van der Waals surface area contributed by atoms with Crippen molar-refractivity contribution >= 4 is 39.9 Å². The molecule has 4 rings (SSSR count). The van der Waals surface area contributed by atoms with E-state index in [2.05, 4.69) is 15.2 Å². The van der Waals surface area contributed by atoms with Gasteiger partial charge in [-0.05, 0) is 30.3 Å². The molecule has 0 amide bonds. The second kappa shape index (κ2) is 5.57. The summed E-state index contributed by atoms with van der Waals surface area (Å²) in [6.07, 6.45) is -4.67. The minimum atomic E-state index is -4.67. The Kier molecular flexibility index (Phi) is 3.59. The minimum absolute atomic E-state index is 0.175. The molecule has 2 aromatic heterocycles. The molecule has 0 saturated heterocycles. The molecule has 0 unspecified atom stereocenters. The summed E-state index contributed by atoms with van der Waals surface area (Å²) in [7, 11) is 0. The van der Waals surface area contributed by atoms with Crippen molar-refractivity contribution in [2.75, 3.05) is 0 Å². The molecule has 4 aromatic rings. The fraction of sp³-hybridized carbons (Fsp3) is 0.0625. The van der Waals surface area contributed by atoms with Gasteiger partial charge >= 0.3 is 6.18 Å². The lowest BCUT2D eigenvalue weighted by molar-refractivity contribution is -0.140. The molecule has 0 radical (unpaired) electrons. The lowest BCUT2D eigenvalue weighted by Gasteiger charge is -2.11. The highest BCUT2D eigenvalue weighted by Crippen LogP contribution is 2.35. The Morgan fingerprint density at radius 3 is 2.44 bits per heavy atom. The zero-order valence-corrected chi connectivity index (χ0v) is 13.7. The fourth-order valence-corrected chi connectivity index (χ4v) is 3.11. The third-order valence-corrected chi connectivity index (χ3v) is 4.22. The van der Waals surface area contributed by atoms with Gasteiger partial charge in [0.15, 0.2) is 17.2 Å². The van der Waals surface area contributed by atoms with Crippen LogP contribution in [0.15, 0.2) is 42.5 Å². The summed E-state index contributed by atoms with van der Waals surface area (Å²) >= 11 is 12.1. The minimum Gasteiger partial charge on any atom is -0.271 e. The standard InChI is InChI=1S/C16H7Cl2F3N4/c17-8-5-6-9(10(18)7-8)14-23-24-15-13(16(19,20)21)22-11-3-1-2-4-12(11)25(14)15/h1-7H. The van der Waals surface area contributed by atoms with Gasteiger partial charge in [-0.15, -0.1) is 10.2 Å². The van der Waals surface area contributed by atoms with E-state index in [1.807, 2.05) is 0 Å². The van der Waals surface area contributed by atoms with Crippen molar-refractivity contribution in [1.82, 2.24) is 19.6 Å². The van der Waals surface area contributed by atoms with Gasteiger partial charge in [0.1, 0.15) is 0 Å². The number of benzene rings is 2. The molecule has 25 heavy (non-hydrogen) atoms. The van der Waals surface area contributed by atoms with E-state index in [1.54, 1.807) is 30.3 Å². The smallest absolute Gasteiger partial charge is 0.271 e. The number of rotatable bonds is 1. The van der Waals surface area contributed by atoms with Crippen LogP contribution >= 0.6 is 23.2 Å². The van der Waals surface area contributed by atoms with Gasteiger partial charge in [0.2, 0.25) is 0 Å². The number of para-hydroxylation sites is 2. The van der Waals surface area contributed by atoms with Gasteiger partial charge in [-0.3, -0.25) is 4.40 Å². The fourth-order valence-electron chi connectivity index (χ4n) is 2.62. The van der Waals surface area contributed by atoms with E-state index in [-0.39, 0.29) is 22.0 Å². The van der Waals surface area contributed by atoms with Crippen molar-refractivity contribution in [3.63, 3.8) is 0 Å². The van der Waals surface area contributed by atoms with Crippen LogP contribution < -0.4 is 0 Å². The molecule has 2 aromatic carbocycles. The second-order valence-electron chi connectivity index (χ2n) is 5.25. The summed E-state index contributed by atoms with van der Waals surface area (Å²) < 4.78 is 41.5. The number of fused-ring (bicyclic) bond motifs is 3. The van der Waals surface area contributed by atoms with Crippen LogP contribution in [0.4, 0.5) is 13.2 Å². The number of halogens is 5. The summed E-state index contributed by atoms with van der Waals surface area (Å²) in [5.41, 5.74) is -0.449. The van der Waals surface area contributed by atoms with Crippen LogP contribution in [0.3, 0.4) is 0 Å². The molecular formula is C16H7Cl2F3N4. The van der Waals surface area contributed by atoms with E-state index in [1.165, 1.54) is 16.5 Å². The molecule has 0 spiro atoms. The number of hydrogen-bond donors (Lipinski definition) is 0. The van der Waals surface area contributed by atoms with Crippen LogP contribution in [0.5, 0.6) is 0 Å². The predicted molar refractivity (Wildman–Crippen MR) is 88.7 cm³/mol. The molecule has 0 bridgehead atoms. The SMILES string of the molecule is FC(F)(F)c1nc2ccccc2n2c(-c3ccc(Cl)cc3Cl)nnc12. The molecule has 0 aliphatic heterocycles. The zero-order chi connectivity index (χ0) is 17.8. The number of aromatic nitrogens is 4. The Hall–Kier alpha value is -2.38. The highest BCUT2D eigenvalue weighted by atomic mass is 35.5. The molecule has 0 N–H and O–H groups in total. The molecular weight excluding hydrogens is 376 g/mol. The molecule has 0 aliphatic carbocycles. The topological polar surface area (TPSA) is 43.1 Å². The Labute approximate surface area is 148 Å². The van der Waals surface area contributed by atoms with Crippen LogP contribution in [0.25, 0.3) is 28.1 Å². The van der Waals surface area contributed by atoms with Crippen molar-refractivity contribution in [3.05, 3.63) is 58.2 Å². The van der Waals surface area contributed by atoms with Crippen molar-refractivity contribution in [1.29, 1.82) is 0 Å². The molecule has 0 atom stereocenters. The maximum atomic E-state index is 13.4. The zero-order valence-electron chi connectivity index (χ0n) is 12.2. The first-order chi connectivity index (χ1) is 11.9.